The highest BCUT2D eigenvalue weighted by molar-refractivity contribution is 7.93. The Morgan fingerprint density at radius 3 is 2.61 bits per heavy atom. The molecule has 0 amide bonds. The number of nitrogens with one attached hydrogen (secondary N) is 1. The van der Waals surface area contributed by atoms with Crippen LogP contribution in [0, 0.1) is 5.92 Å². The van der Waals surface area contributed by atoms with Gasteiger partial charge in [-0.25, -0.2) is 13.4 Å². The Morgan fingerprint density at radius 2 is 1.96 bits per heavy atom. The average Bonchev–Trinajstić information content (AvgIpc) is 2.87. The van der Waals surface area contributed by atoms with Gasteiger partial charge in [0.1, 0.15) is 0 Å². The molecule has 1 atom stereocenters. The van der Waals surface area contributed by atoms with Crippen molar-refractivity contribution in [2.45, 2.75) is 50.8 Å². The van der Waals surface area contributed by atoms with E-state index in [0.29, 0.717) is 17.0 Å². The topological polar surface area (TPSA) is 59.1 Å². The summed E-state index contributed by atoms with van der Waals surface area (Å²) in [4.78, 5) is 5.97. The van der Waals surface area contributed by atoms with E-state index >= 15 is 0 Å². The highest BCUT2D eigenvalue weighted by Crippen LogP contribution is 2.33. The summed E-state index contributed by atoms with van der Waals surface area (Å²) in [6, 6.07) is 7.06. The van der Waals surface area contributed by atoms with Crippen LogP contribution >= 0.6 is 11.3 Å². The fourth-order valence-electron chi connectivity index (χ4n) is 2.79. The molecule has 6 heteroatoms. The second-order valence-electron chi connectivity index (χ2n) is 6.57. The van der Waals surface area contributed by atoms with Gasteiger partial charge in [0, 0.05) is 4.88 Å². The quantitative estimate of drug-likeness (QED) is 0.899. The highest BCUT2D eigenvalue weighted by Gasteiger charge is 2.22. The van der Waals surface area contributed by atoms with Crippen LogP contribution in [0.25, 0.3) is 0 Å². The van der Waals surface area contributed by atoms with Gasteiger partial charge in [-0.1, -0.05) is 32.9 Å². The molecule has 3 rings (SSSR count). The monoisotopic (exact) mass is 350 g/mol. The summed E-state index contributed by atoms with van der Waals surface area (Å²) >= 11 is 1.47. The molecule has 1 N–H and O–H groups in total. The Kier molecular flexibility index (Phi) is 4.47. The van der Waals surface area contributed by atoms with Crippen molar-refractivity contribution in [3.05, 3.63) is 40.4 Å². The number of benzene rings is 1. The van der Waals surface area contributed by atoms with E-state index in [1.165, 1.54) is 16.2 Å². The molecule has 0 aliphatic heterocycles. The molecule has 0 fully saturated rings. The van der Waals surface area contributed by atoms with Gasteiger partial charge >= 0.3 is 0 Å². The lowest BCUT2D eigenvalue weighted by molar-refractivity contribution is 0.502. The lowest BCUT2D eigenvalue weighted by atomic mass is 9.93. The van der Waals surface area contributed by atoms with E-state index in [1.807, 2.05) is 12.1 Å². The van der Waals surface area contributed by atoms with Gasteiger partial charge in [-0.05, 0) is 48.8 Å². The Bertz CT molecular complexity index is 793. The summed E-state index contributed by atoms with van der Waals surface area (Å²) in [5, 5.41) is 0.483. The molecule has 0 saturated carbocycles. The minimum atomic E-state index is -3.57. The zero-order chi connectivity index (χ0) is 16.6. The van der Waals surface area contributed by atoms with Crippen molar-refractivity contribution >= 4 is 26.5 Å². The SMILES string of the molecule is CC1CCc2nc(NS(=O)(=O)c3ccc(C(C)C)cc3)sc2C1. The van der Waals surface area contributed by atoms with E-state index in [-0.39, 0.29) is 4.90 Å². The molecule has 0 radical (unpaired) electrons. The van der Waals surface area contributed by atoms with E-state index < -0.39 is 10.0 Å². The first kappa shape index (κ1) is 16.5. The number of thiazole rings is 1. The van der Waals surface area contributed by atoms with Gasteiger partial charge in [-0.3, -0.25) is 4.72 Å². The first-order valence-corrected chi connectivity index (χ1v) is 10.3. The maximum Gasteiger partial charge on any atom is 0.263 e. The minimum absolute atomic E-state index is 0.281. The minimum Gasteiger partial charge on any atom is -0.255 e. The normalized spacial score (nSPS) is 18.0. The van der Waals surface area contributed by atoms with Gasteiger partial charge in [0.2, 0.25) is 0 Å². The van der Waals surface area contributed by atoms with Gasteiger partial charge in [0.15, 0.2) is 5.13 Å². The molecule has 1 aliphatic rings. The lowest BCUT2D eigenvalue weighted by Gasteiger charge is -2.15. The lowest BCUT2D eigenvalue weighted by Crippen LogP contribution is -2.13. The van der Waals surface area contributed by atoms with Crippen molar-refractivity contribution in [3.8, 4) is 0 Å². The summed E-state index contributed by atoms with van der Waals surface area (Å²) in [6.45, 7) is 6.40. The molecule has 0 bridgehead atoms. The Morgan fingerprint density at radius 1 is 1.26 bits per heavy atom. The predicted molar refractivity (Wildman–Crippen MR) is 94.6 cm³/mol. The second kappa shape index (κ2) is 6.24. The van der Waals surface area contributed by atoms with E-state index in [9.17, 15) is 8.42 Å². The van der Waals surface area contributed by atoms with Crippen LogP contribution in [0.4, 0.5) is 5.13 Å². The van der Waals surface area contributed by atoms with E-state index in [1.54, 1.807) is 12.1 Å². The van der Waals surface area contributed by atoms with Crippen LogP contribution in [0.15, 0.2) is 29.2 Å². The number of rotatable bonds is 4. The standard InChI is InChI=1S/C17H22N2O2S2/c1-11(2)13-5-7-14(8-6-13)23(20,21)19-17-18-15-9-4-12(3)10-16(15)22-17/h5-8,11-12H,4,9-10H2,1-3H3,(H,18,19). The van der Waals surface area contributed by atoms with Gasteiger partial charge in [0.25, 0.3) is 10.0 Å². The molecular formula is C17H22N2O2S2. The smallest absolute Gasteiger partial charge is 0.255 e. The van der Waals surface area contributed by atoms with Gasteiger partial charge < -0.3 is 0 Å². The molecule has 124 valence electrons. The zero-order valence-electron chi connectivity index (χ0n) is 13.7. The Hall–Kier alpha value is -1.40. The summed E-state index contributed by atoms with van der Waals surface area (Å²) < 4.78 is 27.7. The molecule has 1 heterocycles. The maximum atomic E-state index is 12.5. The molecule has 1 aromatic heterocycles. The molecule has 1 aliphatic carbocycles. The molecular weight excluding hydrogens is 328 g/mol. The fourth-order valence-corrected chi connectivity index (χ4v) is 5.20. The van der Waals surface area contributed by atoms with Crippen molar-refractivity contribution in [2.24, 2.45) is 5.92 Å². The Labute approximate surface area is 142 Å². The molecule has 1 aromatic carbocycles. The number of sulfonamides is 1. The summed E-state index contributed by atoms with van der Waals surface area (Å²) in [7, 11) is -3.57. The van der Waals surface area contributed by atoms with Crippen molar-refractivity contribution in [2.75, 3.05) is 4.72 Å². The molecule has 2 aromatic rings. The van der Waals surface area contributed by atoms with Crippen LogP contribution in [-0.4, -0.2) is 13.4 Å². The van der Waals surface area contributed by atoms with Crippen molar-refractivity contribution < 1.29 is 8.42 Å². The second-order valence-corrected chi connectivity index (χ2v) is 9.33. The molecule has 0 saturated heterocycles. The van der Waals surface area contributed by atoms with E-state index in [2.05, 4.69) is 30.5 Å². The van der Waals surface area contributed by atoms with E-state index in [0.717, 1.165) is 30.5 Å². The number of fused-ring (bicyclic) bond motifs is 1. The third kappa shape index (κ3) is 3.58. The largest absolute Gasteiger partial charge is 0.263 e. The number of aryl methyl sites for hydroxylation is 1. The molecule has 4 nitrogen and oxygen atoms in total. The van der Waals surface area contributed by atoms with E-state index in [4.69, 9.17) is 0 Å². The summed E-state index contributed by atoms with van der Waals surface area (Å²) in [5.41, 5.74) is 2.18. The van der Waals surface area contributed by atoms with Crippen molar-refractivity contribution in [3.63, 3.8) is 0 Å². The van der Waals surface area contributed by atoms with Crippen molar-refractivity contribution in [1.82, 2.24) is 4.98 Å². The van der Waals surface area contributed by atoms with Crippen LogP contribution in [0.2, 0.25) is 0 Å². The molecule has 0 spiro atoms. The van der Waals surface area contributed by atoms with Gasteiger partial charge in [0.05, 0.1) is 10.6 Å². The van der Waals surface area contributed by atoms with Gasteiger partial charge in [-0.2, -0.15) is 0 Å². The number of hydrogen-bond donors (Lipinski definition) is 1. The zero-order valence-corrected chi connectivity index (χ0v) is 15.3. The first-order chi connectivity index (χ1) is 10.8. The van der Waals surface area contributed by atoms with Crippen LogP contribution in [0.1, 0.15) is 49.2 Å². The molecule has 23 heavy (non-hydrogen) atoms. The maximum absolute atomic E-state index is 12.5. The summed E-state index contributed by atoms with van der Waals surface area (Å²) in [6.07, 6.45) is 3.06. The molecule has 1 unspecified atom stereocenters. The number of nitrogens with zero attached hydrogens (tertiary/aromatic N) is 1. The average molecular weight is 351 g/mol. The number of anilines is 1. The number of hydrogen-bond acceptors (Lipinski definition) is 4. The third-order valence-corrected chi connectivity index (χ3v) is 6.78. The first-order valence-electron chi connectivity index (χ1n) is 7.96. The predicted octanol–water partition coefficient (Wildman–Crippen LogP) is 4.19. The van der Waals surface area contributed by atoms with Crippen LogP contribution < -0.4 is 4.72 Å². The van der Waals surface area contributed by atoms with Crippen LogP contribution in [0.5, 0.6) is 0 Å². The Balaban J connectivity index is 1.81. The fraction of sp³-hybridized carbons (Fsp3) is 0.471. The third-order valence-electron chi connectivity index (χ3n) is 4.26. The van der Waals surface area contributed by atoms with Crippen LogP contribution in [-0.2, 0) is 22.9 Å². The van der Waals surface area contributed by atoms with Crippen LogP contribution in [0.3, 0.4) is 0 Å². The summed E-state index contributed by atoms with van der Waals surface area (Å²) in [5.74, 6) is 1.03. The highest BCUT2D eigenvalue weighted by atomic mass is 32.2. The number of aromatic nitrogens is 1. The van der Waals surface area contributed by atoms with Gasteiger partial charge in [-0.15, -0.1) is 11.3 Å². The van der Waals surface area contributed by atoms with Crippen molar-refractivity contribution in [1.29, 1.82) is 0 Å².